The second-order valence-corrected chi connectivity index (χ2v) is 8.58. The van der Waals surface area contributed by atoms with Gasteiger partial charge >= 0.3 is 0 Å². The first-order valence-electron chi connectivity index (χ1n) is 10.0. The normalized spacial score (nSPS) is 11.2. The summed E-state index contributed by atoms with van der Waals surface area (Å²) in [5.74, 6) is 0.747. The van der Waals surface area contributed by atoms with Crippen molar-refractivity contribution in [1.29, 1.82) is 0 Å². The summed E-state index contributed by atoms with van der Waals surface area (Å²) in [5, 5.41) is 6.22. The topological polar surface area (TPSA) is 66.3 Å². The van der Waals surface area contributed by atoms with Crippen LogP contribution in [0.4, 0.5) is 5.69 Å². The molecule has 7 nitrogen and oxygen atoms in total. The molecule has 2 aromatic carbocycles. The number of rotatable bonds is 5. The first-order valence-corrected chi connectivity index (χ1v) is 10.8. The highest BCUT2D eigenvalue weighted by Crippen LogP contribution is 2.32. The molecule has 0 aliphatic rings. The molecule has 0 aliphatic heterocycles. The molecular formula is C24H19N5O2S. The van der Waals surface area contributed by atoms with E-state index in [1.807, 2.05) is 60.1 Å². The highest BCUT2D eigenvalue weighted by Gasteiger charge is 2.18. The maximum atomic E-state index is 13.2. The van der Waals surface area contributed by atoms with Crippen LogP contribution in [0, 0.1) is 6.57 Å². The summed E-state index contributed by atoms with van der Waals surface area (Å²) in [5.41, 5.74) is 3.91. The van der Waals surface area contributed by atoms with Crippen molar-refractivity contribution < 1.29 is 4.74 Å². The number of ether oxygens (including phenoxy) is 1. The lowest BCUT2D eigenvalue weighted by molar-refractivity contribution is 0.414. The van der Waals surface area contributed by atoms with Gasteiger partial charge in [0.2, 0.25) is 0 Å². The zero-order valence-corrected chi connectivity index (χ0v) is 18.4. The molecule has 3 heterocycles. The molecule has 0 atom stereocenters. The van der Waals surface area contributed by atoms with Gasteiger partial charge in [-0.2, -0.15) is 5.10 Å². The zero-order chi connectivity index (χ0) is 22.2. The van der Waals surface area contributed by atoms with Crippen LogP contribution in [0.1, 0.15) is 16.1 Å². The molecular weight excluding hydrogens is 422 g/mol. The lowest BCUT2D eigenvalue weighted by Crippen LogP contribution is -2.24. The SMILES string of the molecule is [C-]#[N+]c1ccc(Cc2nc3c(s2)c2cnn(Cc4cccc(OC)c4)c(=O)c2n3C)cc1. The van der Waals surface area contributed by atoms with Crippen molar-refractivity contribution in [2.75, 3.05) is 7.11 Å². The molecule has 0 saturated carbocycles. The second kappa shape index (κ2) is 7.94. The van der Waals surface area contributed by atoms with E-state index in [0.29, 0.717) is 24.2 Å². The molecule has 0 amide bonds. The summed E-state index contributed by atoms with van der Waals surface area (Å²) < 4.78 is 9.57. The third-order valence-electron chi connectivity index (χ3n) is 5.46. The van der Waals surface area contributed by atoms with E-state index in [2.05, 4.69) is 9.94 Å². The highest BCUT2D eigenvalue weighted by molar-refractivity contribution is 7.19. The van der Waals surface area contributed by atoms with Gasteiger partial charge < -0.3 is 9.30 Å². The Morgan fingerprint density at radius 2 is 1.97 bits per heavy atom. The minimum absolute atomic E-state index is 0.144. The predicted molar refractivity (Wildman–Crippen MR) is 126 cm³/mol. The molecule has 5 aromatic rings. The molecule has 0 bridgehead atoms. The quantitative estimate of drug-likeness (QED) is 0.376. The van der Waals surface area contributed by atoms with Crippen molar-refractivity contribution >= 4 is 38.3 Å². The van der Waals surface area contributed by atoms with E-state index in [-0.39, 0.29) is 5.56 Å². The van der Waals surface area contributed by atoms with Crippen LogP contribution in [0.5, 0.6) is 5.75 Å². The van der Waals surface area contributed by atoms with Gasteiger partial charge in [-0.05, 0) is 23.3 Å². The Bertz CT molecular complexity index is 1550. The maximum Gasteiger partial charge on any atom is 0.291 e. The van der Waals surface area contributed by atoms with E-state index in [9.17, 15) is 4.79 Å². The predicted octanol–water partition coefficient (Wildman–Crippen LogP) is 4.54. The van der Waals surface area contributed by atoms with Crippen LogP contribution in [0.3, 0.4) is 0 Å². The van der Waals surface area contributed by atoms with Gasteiger partial charge in [0, 0.05) is 18.9 Å². The summed E-state index contributed by atoms with van der Waals surface area (Å²) in [6.07, 6.45) is 2.44. The number of benzene rings is 2. The van der Waals surface area contributed by atoms with Gasteiger partial charge in [0.15, 0.2) is 11.3 Å². The van der Waals surface area contributed by atoms with Crippen LogP contribution in [0.25, 0.3) is 26.1 Å². The number of methoxy groups -OCH3 is 1. The molecule has 0 unspecified atom stereocenters. The van der Waals surface area contributed by atoms with Crippen molar-refractivity contribution in [3.63, 3.8) is 0 Å². The minimum atomic E-state index is -0.144. The fourth-order valence-electron chi connectivity index (χ4n) is 3.83. The highest BCUT2D eigenvalue weighted by atomic mass is 32.1. The first kappa shape index (κ1) is 20.0. The molecule has 8 heteroatoms. The van der Waals surface area contributed by atoms with Crippen molar-refractivity contribution in [1.82, 2.24) is 19.3 Å². The Labute approximate surface area is 188 Å². The molecule has 0 radical (unpaired) electrons. The third kappa shape index (κ3) is 3.43. The summed E-state index contributed by atoms with van der Waals surface area (Å²) in [6.45, 7) is 7.44. The minimum Gasteiger partial charge on any atom is -0.497 e. The first-order chi connectivity index (χ1) is 15.6. The smallest absolute Gasteiger partial charge is 0.291 e. The standard InChI is InChI=1S/C24H19N5O2S/c1-25-17-9-7-15(8-10-17)12-20-27-23-22(32-20)19-13-26-29(24(30)21(19)28(23)2)14-16-5-4-6-18(11-16)31-3/h4-11,13H,12,14H2,2-3H3. The number of hydrogen-bond acceptors (Lipinski definition) is 5. The van der Waals surface area contributed by atoms with Crippen molar-refractivity contribution in [3.8, 4) is 5.75 Å². The fourth-order valence-corrected chi connectivity index (χ4v) is 4.97. The number of aryl methyl sites for hydroxylation is 1. The average molecular weight is 442 g/mol. The third-order valence-corrected chi connectivity index (χ3v) is 6.53. The number of fused-ring (bicyclic) bond motifs is 3. The van der Waals surface area contributed by atoms with Crippen LogP contribution in [-0.2, 0) is 20.0 Å². The Kier molecular flexibility index (Phi) is 4.96. The Hall–Kier alpha value is -3.96. The summed E-state index contributed by atoms with van der Waals surface area (Å²) in [4.78, 5) is 21.4. The Morgan fingerprint density at radius 1 is 1.16 bits per heavy atom. The van der Waals surface area contributed by atoms with Crippen LogP contribution in [0.2, 0.25) is 0 Å². The second-order valence-electron chi connectivity index (χ2n) is 7.50. The van der Waals surface area contributed by atoms with Gasteiger partial charge in [-0.25, -0.2) is 14.5 Å². The molecule has 0 spiro atoms. The molecule has 5 rings (SSSR count). The van der Waals surface area contributed by atoms with E-state index in [0.717, 1.165) is 37.6 Å². The molecule has 0 saturated heterocycles. The van der Waals surface area contributed by atoms with Crippen LogP contribution < -0.4 is 10.3 Å². The number of aromatic nitrogens is 4. The van der Waals surface area contributed by atoms with E-state index in [1.165, 1.54) is 4.68 Å². The van der Waals surface area contributed by atoms with Crippen LogP contribution >= 0.6 is 11.3 Å². The molecule has 3 aromatic heterocycles. The van der Waals surface area contributed by atoms with Crippen LogP contribution in [0.15, 0.2) is 59.5 Å². The van der Waals surface area contributed by atoms with Gasteiger partial charge in [0.25, 0.3) is 5.56 Å². The van der Waals surface area contributed by atoms with Crippen molar-refractivity contribution in [2.24, 2.45) is 7.05 Å². The number of hydrogen-bond donors (Lipinski definition) is 0. The molecule has 0 fully saturated rings. The van der Waals surface area contributed by atoms with Gasteiger partial charge in [-0.15, -0.1) is 11.3 Å². The van der Waals surface area contributed by atoms with E-state index < -0.39 is 0 Å². The lowest BCUT2D eigenvalue weighted by Gasteiger charge is -2.07. The van der Waals surface area contributed by atoms with Gasteiger partial charge in [-0.3, -0.25) is 4.79 Å². The maximum absolute atomic E-state index is 13.2. The van der Waals surface area contributed by atoms with Crippen molar-refractivity contribution in [2.45, 2.75) is 13.0 Å². The molecule has 0 aliphatic carbocycles. The fraction of sp³-hybridized carbons (Fsp3) is 0.167. The zero-order valence-electron chi connectivity index (χ0n) is 17.6. The Morgan fingerprint density at radius 3 is 2.72 bits per heavy atom. The van der Waals surface area contributed by atoms with Crippen molar-refractivity contribution in [3.05, 3.63) is 92.6 Å². The largest absolute Gasteiger partial charge is 0.497 e. The van der Waals surface area contributed by atoms with E-state index in [1.54, 1.807) is 24.6 Å². The van der Waals surface area contributed by atoms with Gasteiger partial charge in [0.1, 0.15) is 16.3 Å². The summed E-state index contributed by atoms with van der Waals surface area (Å²) >= 11 is 1.58. The molecule has 32 heavy (non-hydrogen) atoms. The lowest BCUT2D eigenvalue weighted by atomic mass is 10.1. The summed E-state index contributed by atoms with van der Waals surface area (Å²) in [6, 6.07) is 15.2. The van der Waals surface area contributed by atoms with E-state index in [4.69, 9.17) is 16.3 Å². The number of nitrogens with zero attached hydrogens (tertiary/aromatic N) is 5. The van der Waals surface area contributed by atoms with E-state index >= 15 is 0 Å². The molecule has 158 valence electrons. The number of thiazole rings is 1. The van der Waals surface area contributed by atoms with Gasteiger partial charge in [-0.1, -0.05) is 36.4 Å². The average Bonchev–Trinajstić information content (AvgIpc) is 3.34. The summed E-state index contributed by atoms with van der Waals surface area (Å²) in [7, 11) is 3.49. The monoisotopic (exact) mass is 441 g/mol. The Balaban J connectivity index is 1.51. The molecule has 0 N–H and O–H groups in total. The van der Waals surface area contributed by atoms with Gasteiger partial charge in [0.05, 0.1) is 31.1 Å². The van der Waals surface area contributed by atoms with Crippen LogP contribution in [-0.4, -0.2) is 26.4 Å².